The molecule has 666 valence electrons. The Hall–Kier alpha value is -12.7. The topological polar surface area (TPSA) is 404 Å². The zero-order valence-corrected chi connectivity index (χ0v) is 78.7. The maximum Gasteiger partial charge on any atom is 0.494 e. The number of rotatable bonds is 21. The molecule has 18 rings (SSSR count). The predicted molar refractivity (Wildman–Crippen MR) is 509 cm³/mol. The molecule has 0 bridgehead atoms. The predicted octanol–water partition coefficient (Wildman–Crippen LogP) is 15.7. The Morgan fingerprint density at radius 1 is 0.400 bits per heavy atom. The number of hydrogen-bond donors (Lipinski definition) is 5. The molecule has 0 unspecified atom stereocenters. The lowest BCUT2D eigenvalue weighted by Crippen LogP contribution is -2.31. The van der Waals surface area contributed by atoms with Crippen LogP contribution < -0.4 is 48.8 Å². The number of aromatic nitrogens is 13. The molecular weight excluding hydrogens is 1890 g/mol. The van der Waals surface area contributed by atoms with Gasteiger partial charge in [0.1, 0.15) is 50.5 Å². The van der Waals surface area contributed by atoms with Crippen LogP contribution in [0.3, 0.4) is 0 Å². The monoisotopic (exact) mass is 1970 g/mol. The first-order chi connectivity index (χ1) is 62.5. The summed E-state index contributed by atoms with van der Waals surface area (Å²) in [7, 11) is -2.38. The van der Waals surface area contributed by atoms with Gasteiger partial charge in [-0.2, -0.15) is 79.5 Å². The molecule has 0 aliphatic carbocycles. The van der Waals surface area contributed by atoms with E-state index in [-0.39, 0.29) is 43.0 Å². The van der Waals surface area contributed by atoms with E-state index in [0.717, 1.165) is 79.3 Å². The van der Waals surface area contributed by atoms with Crippen molar-refractivity contribution in [1.29, 1.82) is 0 Å². The molecule has 0 spiro atoms. The Morgan fingerprint density at radius 2 is 0.808 bits per heavy atom. The number of pyridine rings is 5. The molecular formula is C88H78B2BrCl2N13O18S6. The van der Waals surface area contributed by atoms with Gasteiger partial charge in [-0.25, -0.2) is 19.9 Å². The number of aryl methyl sites for hydroxylation is 3. The van der Waals surface area contributed by atoms with Crippen molar-refractivity contribution in [2.75, 3.05) is 56.9 Å². The maximum absolute atomic E-state index is 13.7. The van der Waals surface area contributed by atoms with Crippen molar-refractivity contribution in [3.8, 4) is 102 Å². The number of nitrogens with zero attached hydrogens (tertiary/aromatic N) is 12. The molecule has 18 aromatic rings. The summed E-state index contributed by atoms with van der Waals surface area (Å²) >= 11 is 20.4. The highest BCUT2D eigenvalue weighted by atomic mass is 79.9. The van der Waals surface area contributed by atoms with E-state index in [0.29, 0.717) is 93.3 Å². The van der Waals surface area contributed by atoms with Gasteiger partial charge in [-0.3, -0.25) is 5.10 Å². The van der Waals surface area contributed by atoms with Crippen molar-refractivity contribution < 1.29 is 83.2 Å². The zero-order valence-electron chi connectivity index (χ0n) is 70.7. The Kier molecular flexibility index (Phi) is 30.5. The fourth-order valence-corrected chi connectivity index (χ4v) is 19.9. The van der Waals surface area contributed by atoms with Gasteiger partial charge in [0.15, 0.2) is 22.6 Å². The van der Waals surface area contributed by atoms with Crippen molar-refractivity contribution >= 4 is 173 Å². The molecule has 12 aromatic heterocycles. The molecule has 0 aliphatic rings. The minimum Gasteiger partial charge on any atom is -0.497 e. The van der Waals surface area contributed by atoms with Gasteiger partial charge >= 0.3 is 14.2 Å². The average molecular weight is 1970 g/mol. The largest absolute Gasteiger partial charge is 0.497 e. The molecule has 31 nitrogen and oxygen atoms in total. The number of H-pyrrole nitrogens is 1. The second-order valence-corrected chi connectivity index (χ2v) is 36.9. The second-order valence-electron chi connectivity index (χ2n) is 27.6. The summed E-state index contributed by atoms with van der Waals surface area (Å²) in [5, 5.41) is 70.1. The fraction of sp³-hybridized carbons (Fsp3) is 0.125. The highest BCUT2D eigenvalue weighted by Crippen LogP contribution is 2.45. The summed E-state index contributed by atoms with van der Waals surface area (Å²) in [6.45, 7) is 5.68. The zero-order chi connectivity index (χ0) is 92.9. The van der Waals surface area contributed by atoms with Gasteiger partial charge in [0, 0.05) is 71.2 Å². The van der Waals surface area contributed by atoms with E-state index >= 15 is 0 Å². The molecule has 0 saturated heterocycles. The first-order valence-corrected chi connectivity index (χ1v) is 47.2. The van der Waals surface area contributed by atoms with Crippen LogP contribution in [0, 0.1) is 20.8 Å². The van der Waals surface area contributed by atoms with Crippen LogP contribution in [0.4, 0.5) is 0 Å². The van der Waals surface area contributed by atoms with Crippen LogP contribution in [0.15, 0.2) is 258 Å². The fourth-order valence-electron chi connectivity index (χ4n) is 13.0. The van der Waals surface area contributed by atoms with Crippen LogP contribution in [0.1, 0.15) is 16.7 Å². The Bertz CT molecular complexity index is 7390. The molecule has 0 atom stereocenters. The molecule has 12 heterocycles. The third kappa shape index (κ3) is 20.5. The van der Waals surface area contributed by atoms with E-state index in [4.69, 9.17) is 81.2 Å². The number of fused-ring (bicyclic) bond motifs is 4. The third-order valence-electron chi connectivity index (χ3n) is 19.6. The number of benzene rings is 6. The number of aromatic amines is 1. The smallest absolute Gasteiger partial charge is 0.494 e. The number of methoxy groups -OCH3 is 8. The number of halogens is 3. The Balaban J connectivity index is 0.000000139. The third-order valence-corrected chi connectivity index (χ3v) is 27.6. The highest BCUT2D eigenvalue weighted by Gasteiger charge is 2.32. The van der Waals surface area contributed by atoms with Crippen molar-refractivity contribution in [1.82, 2.24) is 62.7 Å². The molecule has 0 fully saturated rings. The average Bonchev–Trinajstić information content (AvgIpc) is 1.67. The van der Waals surface area contributed by atoms with E-state index < -0.39 is 44.3 Å². The molecule has 6 aromatic carbocycles. The number of nitrogens with one attached hydrogen (secondary N) is 1. The summed E-state index contributed by atoms with van der Waals surface area (Å²) in [6.07, 6.45) is 6.28. The van der Waals surface area contributed by atoms with Gasteiger partial charge in [-0.1, -0.05) is 88.4 Å². The van der Waals surface area contributed by atoms with E-state index in [1.165, 1.54) is 81.5 Å². The van der Waals surface area contributed by atoms with E-state index in [1.807, 2.05) is 74.0 Å². The molecule has 5 N–H and O–H groups in total. The lowest BCUT2D eigenvalue weighted by molar-refractivity contribution is 0.363. The van der Waals surface area contributed by atoms with Crippen molar-refractivity contribution in [2.24, 2.45) is 0 Å². The van der Waals surface area contributed by atoms with Crippen LogP contribution in [-0.2, 0) is 30.1 Å². The lowest BCUT2D eigenvalue weighted by Gasteiger charge is -2.10. The van der Waals surface area contributed by atoms with Crippen molar-refractivity contribution in [3.63, 3.8) is 0 Å². The van der Waals surface area contributed by atoms with Gasteiger partial charge in [-0.05, 0) is 206 Å². The normalized spacial score (nSPS) is 11.2. The summed E-state index contributed by atoms with van der Waals surface area (Å²) in [4.78, 5) is 21.4. The molecule has 42 heteroatoms. The second kappa shape index (κ2) is 41.8. The summed E-state index contributed by atoms with van der Waals surface area (Å²) in [5.41, 5.74) is 12.8. The minimum absolute atomic E-state index is 0.104. The maximum atomic E-state index is 13.7. The Labute approximate surface area is 777 Å². The van der Waals surface area contributed by atoms with Gasteiger partial charge in [0.2, 0.25) is 11.8 Å². The quantitative estimate of drug-likeness (QED) is 0.0417. The number of thiophene rings is 3. The van der Waals surface area contributed by atoms with Crippen LogP contribution in [0.5, 0.6) is 46.3 Å². The summed E-state index contributed by atoms with van der Waals surface area (Å²) in [5.74, 6) is 4.17. The van der Waals surface area contributed by atoms with Gasteiger partial charge < -0.3 is 58.0 Å². The summed E-state index contributed by atoms with van der Waals surface area (Å²) in [6, 6.07) is 51.8. The van der Waals surface area contributed by atoms with Crippen LogP contribution in [0.25, 0.3) is 100 Å². The van der Waals surface area contributed by atoms with Crippen LogP contribution in [-0.4, -0.2) is 179 Å². The van der Waals surface area contributed by atoms with Gasteiger partial charge in [0.05, 0.1) is 109 Å². The van der Waals surface area contributed by atoms with E-state index in [2.05, 4.69) is 83.2 Å². The van der Waals surface area contributed by atoms with E-state index in [1.54, 1.807) is 178 Å². The van der Waals surface area contributed by atoms with Crippen molar-refractivity contribution in [3.05, 3.63) is 270 Å². The first kappa shape index (κ1) is 94.9. The van der Waals surface area contributed by atoms with Gasteiger partial charge in [0.25, 0.3) is 30.1 Å². The molecule has 0 saturated carbocycles. The SMILES string of the molecule is COc1ccc(-c2[nH]nc3nccc(-c4ccsc4)c23)c(OC)c1.COc1ccc(-c2nn(S(=O)(=O)c3ccc(C)cc3)c3nccc(-c4ccsc4)c23)c(OC)c1.COc1ccc(-c2nn(S(=O)(=O)c3ccc(C)cc3)c3nccc(Cl)c23)c(OC)c1.COc1ccc(B(O)O)c(OC)n1.Cc1ccc(S(=O)(=O)n2nc(Br)c3c(Cl)ccnc32)cc1.OB(O)c1ccsc1. The molecule has 0 amide bonds. The first-order valence-electron chi connectivity index (χ1n) is 38.5. The number of ether oxygens (including phenoxy) is 8. The van der Waals surface area contributed by atoms with Crippen LogP contribution in [0.2, 0.25) is 10.0 Å². The summed E-state index contributed by atoms with van der Waals surface area (Å²) < 4.78 is 125. The molecule has 0 radical (unpaired) electrons. The lowest BCUT2D eigenvalue weighted by atomic mass is 9.81. The molecule has 130 heavy (non-hydrogen) atoms. The number of hydrogen-bond acceptors (Lipinski definition) is 30. The molecule has 0 aliphatic heterocycles. The minimum atomic E-state index is -4.01. The van der Waals surface area contributed by atoms with E-state index in [9.17, 15) is 25.3 Å². The van der Waals surface area contributed by atoms with Gasteiger partial charge in [-0.15, -0.1) is 17.4 Å². The Morgan fingerprint density at radius 3 is 1.22 bits per heavy atom. The van der Waals surface area contributed by atoms with Crippen LogP contribution >= 0.6 is 73.1 Å². The van der Waals surface area contributed by atoms with Crippen molar-refractivity contribution in [2.45, 2.75) is 35.5 Å². The standard InChI is InChI=1S/C25H21N3O4S2.C21H18ClN3O4S.C18H15N3O2S.C13H9BrClN3O2S.C7H10BNO4.C4H5BO2S/c1-16-4-7-19(8-5-16)34(29,30)28-25-23(20(10-12-26-25)17-11-13-33-15-17)24(27-28)21-9-6-18(31-2)14-22(21)32-3;1-13-4-7-15(8-5-13)30(26,27)25-21-19(17(22)10-11-23-21)20(24-25)16-9-6-14(28-2)12-18(16)29-3;1-22-12-3-4-14(15(9-12)23-2)17-16-13(11-6-8-24-10-11)5-7-19-18(16)21-20-17;1-8-2-4-9(5-3-8)21(19,20)18-13-11(12(14)17-18)10(15)6-7-16-13;1-12-6-4-3-5(8(10)11)7(9-6)13-2;6-5(7)4-1-2-8-3-4/h4-15H,1-3H3;4-12H,1-3H3;3-10H,1-2H3,(H,19,20,21);2-7H,1H3;3-4,10-11H,1-2H3;1-3,6-7H. The highest BCUT2D eigenvalue weighted by molar-refractivity contribution is 9.10.